The van der Waals surface area contributed by atoms with Crippen LogP contribution < -0.4 is 15.0 Å². The van der Waals surface area contributed by atoms with Crippen LogP contribution in [0.2, 0.25) is 5.02 Å². The summed E-state index contributed by atoms with van der Waals surface area (Å²) in [5.41, 5.74) is 1.30. The maximum atomic E-state index is 11.9. The van der Waals surface area contributed by atoms with Gasteiger partial charge in [0.25, 0.3) is 5.91 Å². The third kappa shape index (κ3) is 6.45. The van der Waals surface area contributed by atoms with Crippen molar-refractivity contribution < 1.29 is 9.53 Å². The number of carbonyl (C=O) groups is 1. The molecule has 0 unspecified atom stereocenters. The van der Waals surface area contributed by atoms with Gasteiger partial charge >= 0.3 is 0 Å². The number of hydrogen-bond donors (Lipinski definition) is 1. The Morgan fingerprint density at radius 3 is 2.56 bits per heavy atom. The van der Waals surface area contributed by atoms with Crippen molar-refractivity contribution in [3.8, 4) is 5.75 Å². The highest BCUT2D eigenvalue weighted by molar-refractivity contribution is 6.30. The molecule has 27 heavy (non-hydrogen) atoms. The Hall–Kier alpha value is -2.24. The molecule has 0 aliphatic carbocycles. The van der Waals surface area contributed by atoms with Gasteiger partial charge in [0.1, 0.15) is 5.75 Å². The summed E-state index contributed by atoms with van der Waals surface area (Å²) in [7, 11) is 0. The van der Waals surface area contributed by atoms with Gasteiger partial charge < -0.3 is 15.0 Å². The number of ether oxygens (including phenoxy) is 1. The fraction of sp³-hybridized carbons (Fsp3) is 0.381. The largest absolute Gasteiger partial charge is 0.484 e. The van der Waals surface area contributed by atoms with Crippen molar-refractivity contribution in [2.45, 2.75) is 6.42 Å². The molecule has 0 bridgehead atoms. The molecular formula is C21H26ClN3O2. The van der Waals surface area contributed by atoms with Gasteiger partial charge in [-0.25, -0.2) is 0 Å². The first-order valence-electron chi connectivity index (χ1n) is 9.38. The lowest BCUT2D eigenvalue weighted by Crippen LogP contribution is -2.47. The Morgan fingerprint density at radius 1 is 1.04 bits per heavy atom. The van der Waals surface area contributed by atoms with Crippen LogP contribution in [0.5, 0.6) is 5.75 Å². The van der Waals surface area contributed by atoms with Crippen LogP contribution in [0.15, 0.2) is 54.6 Å². The molecule has 3 rings (SSSR count). The van der Waals surface area contributed by atoms with E-state index in [0.29, 0.717) is 17.3 Å². The minimum absolute atomic E-state index is 0.0100. The fourth-order valence-corrected chi connectivity index (χ4v) is 3.34. The summed E-state index contributed by atoms with van der Waals surface area (Å²) in [6.07, 6.45) is 0.939. The molecule has 1 aliphatic heterocycles. The van der Waals surface area contributed by atoms with E-state index in [-0.39, 0.29) is 12.5 Å². The number of rotatable bonds is 8. The minimum Gasteiger partial charge on any atom is -0.484 e. The molecule has 0 radical (unpaired) electrons. The predicted molar refractivity (Wildman–Crippen MR) is 110 cm³/mol. The highest BCUT2D eigenvalue weighted by atomic mass is 35.5. The summed E-state index contributed by atoms with van der Waals surface area (Å²) < 4.78 is 5.44. The first-order valence-corrected chi connectivity index (χ1v) is 9.76. The summed E-state index contributed by atoms with van der Waals surface area (Å²) in [5, 5.41) is 3.51. The molecule has 0 saturated carbocycles. The van der Waals surface area contributed by atoms with Crippen LogP contribution in [0, 0.1) is 0 Å². The Kier molecular flexibility index (Phi) is 7.36. The molecule has 6 heteroatoms. The zero-order chi connectivity index (χ0) is 18.9. The lowest BCUT2D eigenvalue weighted by atomic mass is 10.2. The van der Waals surface area contributed by atoms with E-state index >= 15 is 0 Å². The fourth-order valence-electron chi connectivity index (χ4n) is 3.16. The van der Waals surface area contributed by atoms with Gasteiger partial charge in [0, 0.05) is 43.4 Å². The molecule has 1 saturated heterocycles. The topological polar surface area (TPSA) is 44.8 Å². The average Bonchev–Trinajstić information content (AvgIpc) is 2.71. The molecule has 0 spiro atoms. The number of para-hydroxylation sites is 1. The maximum absolute atomic E-state index is 11.9. The number of carbonyl (C=O) groups excluding carboxylic acids is 1. The Morgan fingerprint density at radius 2 is 1.81 bits per heavy atom. The first kappa shape index (κ1) is 19.5. The van der Waals surface area contributed by atoms with Gasteiger partial charge in [-0.3, -0.25) is 9.69 Å². The highest BCUT2D eigenvalue weighted by Gasteiger charge is 2.16. The van der Waals surface area contributed by atoms with Gasteiger partial charge in [0.2, 0.25) is 0 Å². The van der Waals surface area contributed by atoms with E-state index in [1.165, 1.54) is 5.69 Å². The standard InChI is InChI=1S/C21H26ClN3O2/c22-18-6-4-9-20(16-18)27-17-21(26)23-10-5-11-24-12-14-25(15-13-24)19-7-2-1-3-8-19/h1-4,6-9,16H,5,10-15,17H2,(H,23,26). The molecule has 1 aliphatic rings. The SMILES string of the molecule is O=C(COc1cccc(Cl)c1)NCCCN1CCN(c2ccccc2)CC1. The summed E-state index contributed by atoms with van der Waals surface area (Å²) in [4.78, 5) is 16.7. The van der Waals surface area contributed by atoms with Crippen molar-refractivity contribution in [3.05, 3.63) is 59.6 Å². The third-order valence-corrected chi connectivity index (χ3v) is 4.87. The quantitative estimate of drug-likeness (QED) is 0.707. The third-order valence-electron chi connectivity index (χ3n) is 4.63. The maximum Gasteiger partial charge on any atom is 0.257 e. The van der Waals surface area contributed by atoms with Crippen molar-refractivity contribution in [1.82, 2.24) is 10.2 Å². The van der Waals surface area contributed by atoms with Crippen LogP contribution in [0.25, 0.3) is 0 Å². The number of nitrogens with zero attached hydrogens (tertiary/aromatic N) is 2. The lowest BCUT2D eigenvalue weighted by Gasteiger charge is -2.36. The molecule has 1 N–H and O–H groups in total. The first-order chi connectivity index (χ1) is 13.2. The number of anilines is 1. The van der Waals surface area contributed by atoms with E-state index in [9.17, 15) is 4.79 Å². The van der Waals surface area contributed by atoms with Crippen molar-refractivity contribution in [2.75, 3.05) is 50.8 Å². The van der Waals surface area contributed by atoms with Crippen LogP contribution in [-0.4, -0.2) is 56.7 Å². The van der Waals surface area contributed by atoms with E-state index < -0.39 is 0 Å². The average molecular weight is 388 g/mol. The van der Waals surface area contributed by atoms with Gasteiger partial charge in [-0.1, -0.05) is 35.9 Å². The number of piperazine rings is 1. The molecule has 1 amide bonds. The minimum atomic E-state index is -0.108. The summed E-state index contributed by atoms with van der Waals surface area (Å²) in [6.45, 7) is 5.87. The number of halogens is 1. The van der Waals surface area contributed by atoms with Crippen LogP contribution in [0.4, 0.5) is 5.69 Å². The summed E-state index contributed by atoms with van der Waals surface area (Å²) >= 11 is 5.89. The molecule has 144 valence electrons. The second-order valence-electron chi connectivity index (χ2n) is 6.61. The normalized spacial score (nSPS) is 14.8. The van der Waals surface area contributed by atoms with Gasteiger partial charge in [0.05, 0.1) is 0 Å². The second-order valence-corrected chi connectivity index (χ2v) is 7.05. The molecule has 0 atom stereocenters. The van der Waals surface area contributed by atoms with Gasteiger partial charge in [-0.15, -0.1) is 0 Å². The Bertz CT molecular complexity index is 718. The molecule has 0 aromatic heterocycles. The zero-order valence-electron chi connectivity index (χ0n) is 15.4. The smallest absolute Gasteiger partial charge is 0.257 e. The number of hydrogen-bond acceptors (Lipinski definition) is 4. The number of nitrogens with one attached hydrogen (secondary N) is 1. The Balaban J connectivity index is 1.27. The van der Waals surface area contributed by atoms with Crippen molar-refractivity contribution in [1.29, 1.82) is 0 Å². The van der Waals surface area contributed by atoms with Crippen LogP contribution >= 0.6 is 11.6 Å². The van der Waals surface area contributed by atoms with Crippen LogP contribution in [-0.2, 0) is 4.79 Å². The Labute approximate surface area is 165 Å². The second kappa shape index (κ2) is 10.2. The lowest BCUT2D eigenvalue weighted by molar-refractivity contribution is -0.123. The summed E-state index contributed by atoms with van der Waals surface area (Å²) in [5.74, 6) is 0.498. The van der Waals surface area contributed by atoms with E-state index in [2.05, 4.69) is 39.4 Å². The van der Waals surface area contributed by atoms with Gasteiger partial charge in [-0.2, -0.15) is 0 Å². The van der Waals surface area contributed by atoms with E-state index in [0.717, 1.165) is 39.1 Å². The molecule has 2 aromatic rings. The molecular weight excluding hydrogens is 362 g/mol. The van der Waals surface area contributed by atoms with Crippen molar-refractivity contribution in [2.24, 2.45) is 0 Å². The van der Waals surface area contributed by atoms with Crippen molar-refractivity contribution >= 4 is 23.2 Å². The molecule has 1 fully saturated rings. The molecule has 5 nitrogen and oxygen atoms in total. The van der Waals surface area contributed by atoms with E-state index in [1.807, 2.05) is 6.07 Å². The molecule has 1 heterocycles. The van der Waals surface area contributed by atoms with Gasteiger partial charge in [0.15, 0.2) is 6.61 Å². The number of amides is 1. The van der Waals surface area contributed by atoms with E-state index in [4.69, 9.17) is 16.3 Å². The number of benzene rings is 2. The van der Waals surface area contributed by atoms with Crippen LogP contribution in [0.3, 0.4) is 0 Å². The van der Waals surface area contributed by atoms with Crippen molar-refractivity contribution in [3.63, 3.8) is 0 Å². The molecule has 2 aromatic carbocycles. The van der Waals surface area contributed by atoms with Crippen LogP contribution in [0.1, 0.15) is 6.42 Å². The monoisotopic (exact) mass is 387 g/mol. The van der Waals surface area contributed by atoms with E-state index in [1.54, 1.807) is 24.3 Å². The highest BCUT2D eigenvalue weighted by Crippen LogP contribution is 2.17. The zero-order valence-corrected chi connectivity index (χ0v) is 16.2. The summed E-state index contributed by atoms with van der Waals surface area (Å²) in [6, 6.07) is 17.6. The van der Waals surface area contributed by atoms with Gasteiger partial charge in [-0.05, 0) is 43.3 Å². The predicted octanol–water partition coefficient (Wildman–Crippen LogP) is 3.05.